The fraction of sp³-hybridized carbons (Fsp3) is 0.600. The number of hydrogen-bond donors (Lipinski definition) is 2. The van der Waals surface area contributed by atoms with Gasteiger partial charge in [-0.15, -0.1) is 0 Å². The average molecular weight is 275 g/mol. The molecule has 2 fully saturated rings. The minimum atomic E-state index is -0.203. The van der Waals surface area contributed by atoms with Gasteiger partial charge in [0.2, 0.25) is 0 Å². The number of aromatic amines is 1. The summed E-state index contributed by atoms with van der Waals surface area (Å²) in [4.78, 5) is 29.2. The van der Waals surface area contributed by atoms with Gasteiger partial charge in [0.25, 0.3) is 5.91 Å². The summed E-state index contributed by atoms with van der Waals surface area (Å²) in [5.74, 6) is 0.748. The molecule has 0 spiro atoms. The van der Waals surface area contributed by atoms with Gasteiger partial charge in [-0.25, -0.2) is 0 Å². The number of nitrogens with zero attached hydrogens (tertiary/aromatic N) is 1. The van der Waals surface area contributed by atoms with Crippen LogP contribution in [-0.2, 0) is 0 Å². The molecule has 2 aliphatic rings. The number of aryl methyl sites for hydroxylation is 1. The van der Waals surface area contributed by atoms with Gasteiger partial charge < -0.3 is 15.6 Å². The standard InChI is InChI=1S/C15H21N3O2/c1-9-5-14(19)11(6-17-9)15(20)18-7-10-3-2-4-13(16)12(10)8-18/h5-6,10,12-13H,2-4,7-8,16H2,1H3,(H,17,19). The number of nitrogens with one attached hydrogen (secondary N) is 1. The monoisotopic (exact) mass is 275 g/mol. The molecular weight excluding hydrogens is 254 g/mol. The van der Waals surface area contributed by atoms with Crippen molar-refractivity contribution in [2.75, 3.05) is 13.1 Å². The topological polar surface area (TPSA) is 79.2 Å². The van der Waals surface area contributed by atoms with Crippen molar-refractivity contribution in [1.82, 2.24) is 9.88 Å². The Kier molecular flexibility index (Phi) is 3.38. The number of aromatic nitrogens is 1. The molecule has 5 heteroatoms. The summed E-state index contributed by atoms with van der Waals surface area (Å²) in [6, 6.07) is 1.67. The van der Waals surface area contributed by atoms with Gasteiger partial charge in [0.1, 0.15) is 5.56 Å². The van der Waals surface area contributed by atoms with Crippen LogP contribution in [0.1, 0.15) is 35.3 Å². The van der Waals surface area contributed by atoms with Crippen LogP contribution < -0.4 is 11.2 Å². The van der Waals surface area contributed by atoms with E-state index in [0.717, 1.165) is 31.5 Å². The molecule has 2 heterocycles. The lowest BCUT2D eigenvalue weighted by atomic mass is 9.78. The van der Waals surface area contributed by atoms with Gasteiger partial charge in [0.05, 0.1) is 0 Å². The maximum atomic E-state index is 12.5. The second-order valence-corrected chi connectivity index (χ2v) is 6.12. The summed E-state index contributed by atoms with van der Waals surface area (Å²) in [6.07, 6.45) is 4.87. The van der Waals surface area contributed by atoms with Gasteiger partial charge in [-0.1, -0.05) is 6.42 Å². The van der Waals surface area contributed by atoms with Crippen molar-refractivity contribution in [3.8, 4) is 0 Å². The minimum absolute atomic E-state index is 0.159. The van der Waals surface area contributed by atoms with Gasteiger partial charge in [0, 0.05) is 37.1 Å². The van der Waals surface area contributed by atoms with E-state index in [1.807, 2.05) is 0 Å². The third kappa shape index (κ3) is 2.26. The first-order valence-corrected chi connectivity index (χ1v) is 7.30. The van der Waals surface area contributed by atoms with E-state index in [1.54, 1.807) is 11.8 Å². The molecule has 1 aromatic heterocycles. The Morgan fingerprint density at radius 1 is 1.40 bits per heavy atom. The second kappa shape index (κ2) is 5.05. The molecule has 3 unspecified atom stereocenters. The number of carbonyl (C=O) groups is 1. The molecule has 3 atom stereocenters. The Hall–Kier alpha value is -1.62. The highest BCUT2D eigenvalue weighted by Gasteiger charge is 2.40. The molecule has 3 N–H and O–H groups in total. The third-order valence-corrected chi connectivity index (χ3v) is 4.73. The van der Waals surface area contributed by atoms with E-state index in [9.17, 15) is 9.59 Å². The van der Waals surface area contributed by atoms with Gasteiger partial charge >= 0.3 is 0 Å². The SMILES string of the molecule is Cc1cc(=O)c(C(=O)N2CC3CCCC(N)C3C2)c[nH]1. The van der Waals surface area contributed by atoms with Crippen molar-refractivity contribution < 1.29 is 4.79 Å². The van der Waals surface area contributed by atoms with Crippen molar-refractivity contribution >= 4 is 5.91 Å². The smallest absolute Gasteiger partial charge is 0.259 e. The average Bonchev–Trinajstić information content (AvgIpc) is 2.83. The van der Waals surface area contributed by atoms with Gasteiger partial charge in [-0.05, 0) is 31.6 Å². The summed E-state index contributed by atoms with van der Waals surface area (Å²) < 4.78 is 0. The zero-order chi connectivity index (χ0) is 14.3. The van der Waals surface area contributed by atoms with E-state index in [0.29, 0.717) is 18.4 Å². The molecule has 1 aliphatic carbocycles. The van der Waals surface area contributed by atoms with E-state index in [2.05, 4.69) is 4.98 Å². The molecule has 3 rings (SSSR count). The van der Waals surface area contributed by atoms with Gasteiger partial charge in [-0.3, -0.25) is 9.59 Å². The quantitative estimate of drug-likeness (QED) is 0.798. The molecule has 20 heavy (non-hydrogen) atoms. The molecule has 5 nitrogen and oxygen atoms in total. The van der Waals surface area contributed by atoms with E-state index >= 15 is 0 Å². The Bertz CT molecular complexity index is 581. The van der Waals surface area contributed by atoms with Crippen LogP contribution in [0.4, 0.5) is 0 Å². The molecule has 0 bridgehead atoms. The highest BCUT2D eigenvalue weighted by molar-refractivity contribution is 5.94. The first-order valence-electron chi connectivity index (χ1n) is 7.30. The summed E-state index contributed by atoms with van der Waals surface area (Å²) >= 11 is 0. The largest absolute Gasteiger partial charge is 0.364 e. The van der Waals surface area contributed by atoms with Crippen LogP contribution in [-0.4, -0.2) is 34.9 Å². The van der Waals surface area contributed by atoms with Crippen LogP contribution >= 0.6 is 0 Å². The fourth-order valence-corrected chi connectivity index (χ4v) is 3.59. The predicted octanol–water partition coefficient (Wildman–Crippen LogP) is 0.883. The number of pyridine rings is 1. The molecule has 1 aliphatic heterocycles. The van der Waals surface area contributed by atoms with Crippen molar-refractivity contribution in [2.24, 2.45) is 17.6 Å². The van der Waals surface area contributed by atoms with E-state index in [-0.39, 0.29) is 22.9 Å². The zero-order valence-corrected chi connectivity index (χ0v) is 11.8. The Labute approximate surface area is 118 Å². The minimum Gasteiger partial charge on any atom is -0.364 e. The van der Waals surface area contributed by atoms with Gasteiger partial charge in [0.15, 0.2) is 5.43 Å². The highest BCUT2D eigenvalue weighted by Crippen LogP contribution is 2.35. The first kappa shape index (κ1) is 13.4. The Morgan fingerprint density at radius 2 is 2.20 bits per heavy atom. The number of likely N-dealkylation sites (tertiary alicyclic amines) is 1. The fourth-order valence-electron chi connectivity index (χ4n) is 3.59. The summed E-state index contributed by atoms with van der Waals surface area (Å²) in [5, 5.41) is 0. The van der Waals surface area contributed by atoms with Crippen molar-refractivity contribution in [1.29, 1.82) is 0 Å². The maximum absolute atomic E-state index is 12.5. The Morgan fingerprint density at radius 3 is 2.90 bits per heavy atom. The summed E-state index contributed by atoms with van der Waals surface area (Å²) in [6.45, 7) is 3.24. The maximum Gasteiger partial charge on any atom is 0.259 e. The van der Waals surface area contributed by atoms with Gasteiger partial charge in [-0.2, -0.15) is 0 Å². The predicted molar refractivity (Wildman–Crippen MR) is 76.5 cm³/mol. The molecule has 0 radical (unpaired) electrons. The number of amides is 1. The van der Waals surface area contributed by atoms with Crippen LogP contribution in [0.3, 0.4) is 0 Å². The molecule has 108 valence electrons. The Balaban J connectivity index is 1.80. The van der Waals surface area contributed by atoms with Crippen molar-refractivity contribution in [3.63, 3.8) is 0 Å². The van der Waals surface area contributed by atoms with Crippen LogP contribution in [0.5, 0.6) is 0 Å². The van der Waals surface area contributed by atoms with Crippen molar-refractivity contribution in [2.45, 2.75) is 32.2 Å². The number of rotatable bonds is 1. The molecule has 1 saturated heterocycles. The lowest BCUT2D eigenvalue weighted by Crippen LogP contribution is -2.38. The van der Waals surface area contributed by atoms with E-state index in [1.165, 1.54) is 12.3 Å². The number of nitrogens with two attached hydrogens (primary N) is 1. The molecular formula is C15H21N3O2. The highest BCUT2D eigenvalue weighted by atomic mass is 16.2. The molecule has 0 aromatic carbocycles. The van der Waals surface area contributed by atoms with E-state index < -0.39 is 0 Å². The lowest BCUT2D eigenvalue weighted by molar-refractivity contribution is 0.0782. The summed E-state index contributed by atoms with van der Waals surface area (Å²) in [7, 11) is 0. The molecule has 1 amide bonds. The van der Waals surface area contributed by atoms with E-state index in [4.69, 9.17) is 5.73 Å². The third-order valence-electron chi connectivity index (χ3n) is 4.73. The molecule has 1 aromatic rings. The first-order chi connectivity index (χ1) is 9.56. The van der Waals surface area contributed by atoms with Crippen LogP contribution in [0.25, 0.3) is 0 Å². The number of hydrogen-bond acceptors (Lipinski definition) is 3. The second-order valence-electron chi connectivity index (χ2n) is 6.12. The summed E-state index contributed by atoms with van der Waals surface area (Å²) in [5.41, 5.74) is 6.97. The zero-order valence-electron chi connectivity index (χ0n) is 11.8. The van der Waals surface area contributed by atoms with Crippen molar-refractivity contribution in [3.05, 3.63) is 33.7 Å². The number of H-pyrrole nitrogens is 1. The number of fused-ring (bicyclic) bond motifs is 1. The van der Waals surface area contributed by atoms with Crippen LogP contribution in [0, 0.1) is 18.8 Å². The normalized spacial score (nSPS) is 29.3. The van der Waals surface area contributed by atoms with Crippen LogP contribution in [0.15, 0.2) is 17.1 Å². The lowest BCUT2D eigenvalue weighted by Gasteiger charge is -2.29. The molecule has 1 saturated carbocycles. The number of carbonyl (C=O) groups excluding carboxylic acids is 1. The van der Waals surface area contributed by atoms with Crippen LogP contribution in [0.2, 0.25) is 0 Å².